The molecule has 0 atom stereocenters. The Labute approximate surface area is 263 Å². The minimum absolute atomic E-state index is 0.00571. The Morgan fingerprint density at radius 2 is 1.16 bits per heavy atom. The Morgan fingerprint density at radius 1 is 0.744 bits per heavy atom. The molecule has 0 radical (unpaired) electrons. The number of carbonyl (C=O) groups excluding carboxylic acids is 1. The van der Waals surface area contributed by atoms with Gasteiger partial charge in [-0.3, -0.25) is 4.79 Å². The topological polar surface area (TPSA) is 81.7 Å². The van der Waals surface area contributed by atoms with Gasteiger partial charge in [-0.2, -0.15) is 8.42 Å². The van der Waals surface area contributed by atoms with Gasteiger partial charge in [-0.05, 0) is 82.1 Å². The highest BCUT2D eigenvalue weighted by Crippen LogP contribution is 2.42. The number of hydrogen-bond acceptors (Lipinski definition) is 5. The largest absolute Gasteiger partial charge is 0.543 e. The second kappa shape index (κ2) is 13.8. The van der Waals surface area contributed by atoms with Crippen molar-refractivity contribution < 1.29 is 21.8 Å². The van der Waals surface area contributed by atoms with Gasteiger partial charge in [0.15, 0.2) is 5.75 Å². The number of benzene rings is 2. The number of rotatable bonds is 12. The molecule has 8 heteroatoms. The molecule has 242 valence electrons. The minimum atomic E-state index is -4.46. The van der Waals surface area contributed by atoms with Crippen molar-refractivity contribution in [2.75, 3.05) is 0 Å². The van der Waals surface area contributed by atoms with Crippen LogP contribution in [0, 0.1) is 0 Å². The number of amides is 1. The molecule has 0 aliphatic rings. The summed E-state index contributed by atoms with van der Waals surface area (Å²) in [5.74, 6) is 1.00. The van der Waals surface area contributed by atoms with E-state index in [0.717, 1.165) is 33.6 Å². The Kier molecular flexibility index (Phi) is 11.8. The van der Waals surface area contributed by atoms with Crippen LogP contribution < -0.4 is 13.3 Å². The molecule has 1 N–H and O–H groups in total. The monoisotopic (exact) mass is 631 g/mol. The van der Waals surface area contributed by atoms with E-state index in [1.807, 2.05) is 39.8 Å². The summed E-state index contributed by atoms with van der Waals surface area (Å²) in [6, 6.07) is 8.10. The summed E-state index contributed by atoms with van der Waals surface area (Å²) in [6.07, 6.45) is -0.0463. The number of hydrogen-bond donors (Lipinski definition) is 1. The Hall–Kier alpha value is -2.32. The summed E-state index contributed by atoms with van der Waals surface area (Å²) in [6.45, 7) is 31.6. The van der Waals surface area contributed by atoms with E-state index < -0.39 is 24.5 Å². The number of nitrogens with one attached hydrogen (secondary N) is 1. The summed E-state index contributed by atoms with van der Waals surface area (Å²) in [5, 5.41) is 0.00571. The molecule has 6 nitrogen and oxygen atoms in total. The third kappa shape index (κ3) is 9.33. The highest BCUT2D eigenvalue weighted by atomic mass is 32.2. The van der Waals surface area contributed by atoms with Crippen LogP contribution in [0.1, 0.15) is 153 Å². The summed E-state index contributed by atoms with van der Waals surface area (Å²) in [4.78, 5) is 13.3. The van der Waals surface area contributed by atoms with Crippen molar-refractivity contribution in [2.45, 2.75) is 144 Å². The molecule has 0 aromatic heterocycles. The zero-order valence-electron chi connectivity index (χ0n) is 29.4. The van der Waals surface area contributed by atoms with E-state index in [9.17, 15) is 13.2 Å². The van der Waals surface area contributed by atoms with Gasteiger partial charge in [0.1, 0.15) is 5.75 Å². The van der Waals surface area contributed by atoms with E-state index in [0.29, 0.717) is 5.92 Å². The average Bonchev–Trinajstić information content (AvgIpc) is 2.82. The van der Waals surface area contributed by atoms with Gasteiger partial charge in [-0.15, -0.1) is 0 Å². The maximum atomic E-state index is 13.4. The number of carbonyl (C=O) groups is 1. The van der Waals surface area contributed by atoms with E-state index in [1.54, 1.807) is 0 Å². The summed E-state index contributed by atoms with van der Waals surface area (Å²) in [7, 11) is -6.59. The lowest BCUT2D eigenvalue weighted by Gasteiger charge is -2.37. The van der Waals surface area contributed by atoms with Gasteiger partial charge >= 0.3 is 10.3 Å². The van der Waals surface area contributed by atoms with Crippen molar-refractivity contribution in [3.63, 3.8) is 0 Å². The first-order valence-corrected chi connectivity index (χ1v) is 20.1. The molecule has 0 heterocycles. The SMILES string of the molecule is CC(C)c1cc(C(C)C)c(CC(=O)NS(=O)(=O)Oc2c(C(C)C)cc(O[Si](C)(C)C(C)(C)C)cc2C(C)C)c(C(C)C)c1. The zero-order chi connectivity index (χ0) is 33.2. The molecule has 2 aromatic carbocycles. The van der Waals surface area contributed by atoms with Gasteiger partial charge in [0, 0.05) is 11.1 Å². The van der Waals surface area contributed by atoms with Gasteiger partial charge in [-0.1, -0.05) is 102 Å². The molecule has 0 aliphatic heterocycles. The van der Waals surface area contributed by atoms with Crippen molar-refractivity contribution in [2.24, 2.45) is 0 Å². The smallest absolute Gasteiger partial charge is 0.409 e. The quantitative estimate of drug-likeness (QED) is 0.236. The van der Waals surface area contributed by atoms with Crippen molar-refractivity contribution in [3.05, 3.63) is 57.6 Å². The highest BCUT2D eigenvalue weighted by molar-refractivity contribution is 7.85. The minimum Gasteiger partial charge on any atom is -0.543 e. The molecule has 0 fully saturated rings. The summed E-state index contributed by atoms with van der Waals surface area (Å²) >= 11 is 0. The predicted octanol–water partition coefficient (Wildman–Crippen LogP) is 9.67. The molecule has 0 saturated carbocycles. The van der Waals surface area contributed by atoms with Gasteiger partial charge in [0.05, 0.1) is 6.42 Å². The van der Waals surface area contributed by atoms with E-state index in [-0.39, 0.29) is 40.9 Å². The highest BCUT2D eigenvalue weighted by Gasteiger charge is 2.39. The summed E-state index contributed by atoms with van der Waals surface area (Å²) < 4.78 is 41.4. The molecular formula is C35H57NO5SSi. The lowest BCUT2D eigenvalue weighted by Crippen LogP contribution is -2.43. The Morgan fingerprint density at radius 3 is 1.51 bits per heavy atom. The van der Waals surface area contributed by atoms with Gasteiger partial charge in [-0.25, -0.2) is 4.72 Å². The van der Waals surface area contributed by atoms with Gasteiger partial charge in [0.25, 0.3) is 0 Å². The van der Waals surface area contributed by atoms with Crippen LogP contribution in [-0.2, 0) is 21.5 Å². The normalized spacial score (nSPS) is 13.0. The third-order valence-corrected chi connectivity index (χ3v) is 13.8. The first-order valence-electron chi connectivity index (χ1n) is 15.8. The Balaban J connectivity index is 2.50. The predicted molar refractivity (Wildman–Crippen MR) is 183 cm³/mol. The fourth-order valence-electron chi connectivity index (χ4n) is 4.88. The van der Waals surface area contributed by atoms with Crippen molar-refractivity contribution in [3.8, 4) is 11.5 Å². The first kappa shape index (κ1) is 36.9. The average molecular weight is 632 g/mol. The molecule has 2 aromatic rings. The molecule has 43 heavy (non-hydrogen) atoms. The zero-order valence-corrected chi connectivity index (χ0v) is 31.2. The molecule has 0 saturated heterocycles. The van der Waals surface area contributed by atoms with Crippen molar-refractivity contribution in [1.82, 2.24) is 4.72 Å². The molecule has 0 aliphatic carbocycles. The van der Waals surface area contributed by atoms with Crippen molar-refractivity contribution in [1.29, 1.82) is 0 Å². The molecule has 0 bridgehead atoms. The maximum Gasteiger partial charge on any atom is 0.409 e. The third-order valence-electron chi connectivity index (χ3n) is 8.56. The first-order chi connectivity index (χ1) is 19.5. The molecule has 0 unspecified atom stereocenters. The lowest BCUT2D eigenvalue weighted by atomic mass is 9.83. The molecule has 2 rings (SSSR count). The van der Waals surface area contributed by atoms with Gasteiger partial charge < -0.3 is 8.61 Å². The van der Waals surface area contributed by atoms with Crippen LogP contribution in [0.25, 0.3) is 0 Å². The van der Waals surface area contributed by atoms with E-state index in [2.05, 4.69) is 92.3 Å². The van der Waals surface area contributed by atoms with Gasteiger partial charge in [0.2, 0.25) is 14.2 Å². The van der Waals surface area contributed by atoms with Crippen LogP contribution in [0.2, 0.25) is 18.1 Å². The van der Waals surface area contributed by atoms with Crippen LogP contribution in [0.5, 0.6) is 11.5 Å². The van der Waals surface area contributed by atoms with Crippen LogP contribution >= 0.6 is 0 Å². The van der Waals surface area contributed by atoms with E-state index in [4.69, 9.17) is 8.61 Å². The summed E-state index contributed by atoms with van der Waals surface area (Å²) in [5.41, 5.74) is 5.71. The van der Waals surface area contributed by atoms with Crippen LogP contribution in [0.15, 0.2) is 24.3 Å². The van der Waals surface area contributed by atoms with Crippen molar-refractivity contribution >= 4 is 24.5 Å². The Bertz CT molecular complexity index is 1340. The standard InChI is InChI=1S/C35H57NO5SSi/c1-21(2)26-16-28(22(3)4)32(29(17-26)23(5)6)20-33(37)36-42(38,39)40-34-30(24(7)8)18-27(19-31(34)25(9)10)41-43(14,15)35(11,12)13/h16-19,21-25H,20H2,1-15H3,(H,36,37). The van der Waals surface area contributed by atoms with Crippen LogP contribution in [-0.4, -0.2) is 22.6 Å². The lowest BCUT2D eigenvalue weighted by molar-refractivity contribution is -0.118. The molecular weight excluding hydrogens is 575 g/mol. The van der Waals surface area contributed by atoms with E-state index >= 15 is 0 Å². The fraction of sp³-hybridized carbons (Fsp3) is 0.629. The fourth-order valence-corrected chi connectivity index (χ4v) is 6.70. The van der Waals surface area contributed by atoms with Crippen LogP contribution in [0.4, 0.5) is 0 Å². The second-order valence-electron chi connectivity index (χ2n) is 15.0. The van der Waals surface area contributed by atoms with E-state index in [1.165, 1.54) is 5.56 Å². The maximum absolute atomic E-state index is 13.4. The van der Waals surface area contributed by atoms with Crippen LogP contribution in [0.3, 0.4) is 0 Å². The molecule has 1 amide bonds. The molecule has 0 spiro atoms. The second-order valence-corrected chi connectivity index (χ2v) is 21.0.